The van der Waals surface area contributed by atoms with Crippen LogP contribution in [0.15, 0.2) is 24.3 Å². The van der Waals surface area contributed by atoms with Crippen LogP contribution < -0.4 is 10.1 Å². The lowest BCUT2D eigenvalue weighted by Gasteiger charge is -2.26. The molecule has 1 amide bonds. The molecule has 1 aliphatic rings. The van der Waals surface area contributed by atoms with Gasteiger partial charge < -0.3 is 15.2 Å². The van der Waals surface area contributed by atoms with Crippen LogP contribution in [0.1, 0.15) is 37.7 Å². The molecule has 1 aromatic rings. The lowest BCUT2D eigenvalue weighted by Crippen LogP contribution is -2.39. The molecule has 1 saturated carbocycles. The van der Waals surface area contributed by atoms with Gasteiger partial charge in [0.25, 0.3) is 0 Å². The summed E-state index contributed by atoms with van der Waals surface area (Å²) in [7, 11) is 0. The maximum absolute atomic E-state index is 11.9. The molecule has 5 heteroatoms. The van der Waals surface area contributed by atoms with Gasteiger partial charge in [-0.15, -0.1) is 0 Å². The summed E-state index contributed by atoms with van der Waals surface area (Å²) in [5.41, 5.74) is 1.12. The summed E-state index contributed by atoms with van der Waals surface area (Å²) in [4.78, 5) is 22.8. The Morgan fingerprint density at radius 1 is 1.27 bits per heavy atom. The average Bonchev–Trinajstić information content (AvgIpc) is 2.48. The van der Waals surface area contributed by atoms with Crippen molar-refractivity contribution in [1.82, 2.24) is 5.32 Å². The largest absolute Gasteiger partial charge is 0.493 e. The summed E-state index contributed by atoms with van der Waals surface area (Å²) < 4.78 is 5.56. The summed E-state index contributed by atoms with van der Waals surface area (Å²) in [6.45, 7) is 2.34. The Kier molecular flexibility index (Phi) is 5.81. The molecule has 0 unspecified atom stereocenters. The third kappa shape index (κ3) is 5.06. The summed E-state index contributed by atoms with van der Waals surface area (Å²) in [5.74, 6) is -0.240. The van der Waals surface area contributed by atoms with Gasteiger partial charge >= 0.3 is 5.97 Å². The third-order valence-electron chi connectivity index (χ3n) is 4.03. The number of carboxylic acids is 1. The van der Waals surface area contributed by atoms with E-state index in [1.165, 1.54) is 0 Å². The number of amides is 1. The molecule has 0 atom stereocenters. The topological polar surface area (TPSA) is 75.6 Å². The first-order chi connectivity index (χ1) is 10.5. The first-order valence-corrected chi connectivity index (χ1v) is 7.76. The van der Waals surface area contributed by atoms with Crippen molar-refractivity contribution in [2.75, 3.05) is 6.61 Å². The van der Waals surface area contributed by atoms with Crippen LogP contribution >= 0.6 is 0 Å². The second kappa shape index (κ2) is 7.82. The van der Waals surface area contributed by atoms with E-state index in [1.54, 1.807) is 0 Å². The van der Waals surface area contributed by atoms with E-state index in [0.717, 1.165) is 24.2 Å². The van der Waals surface area contributed by atoms with Crippen molar-refractivity contribution in [3.63, 3.8) is 0 Å². The number of carbonyl (C=O) groups is 2. The van der Waals surface area contributed by atoms with Crippen LogP contribution in [0, 0.1) is 12.8 Å². The SMILES string of the molecule is Cc1cccc(OCCC(=O)NC2CCC(C(=O)O)CC2)c1. The van der Waals surface area contributed by atoms with Gasteiger partial charge in [-0.1, -0.05) is 12.1 Å². The lowest BCUT2D eigenvalue weighted by atomic mass is 9.86. The predicted octanol–water partition coefficient (Wildman–Crippen LogP) is 2.52. The zero-order valence-corrected chi connectivity index (χ0v) is 12.9. The Labute approximate surface area is 130 Å². The molecule has 1 aliphatic carbocycles. The number of carbonyl (C=O) groups excluding carboxylic acids is 1. The fraction of sp³-hybridized carbons (Fsp3) is 0.529. The number of aliphatic carboxylic acids is 1. The maximum Gasteiger partial charge on any atom is 0.306 e. The molecule has 0 aliphatic heterocycles. The summed E-state index contributed by atoms with van der Waals surface area (Å²) in [5, 5.41) is 11.9. The van der Waals surface area contributed by atoms with Gasteiger partial charge in [0, 0.05) is 6.04 Å². The normalized spacial score (nSPS) is 21.1. The molecular formula is C17H23NO4. The molecule has 2 rings (SSSR count). The van der Waals surface area contributed by atoms with Gasteiger partial charge in [0.2, 0.25) is 5.91 Å². The van der Waals surface area contributed by atoms with E-state index in [2.05, 4.69) is 5.32 Å². The molecular weight excluding hydrogens is 282 g/mol. The van der Waals surface area contributed by atoms with Crippen LogP contribution in [0.25, 0.3) is 0 Å². The third-order valence-corrected chi connectivity index (χ3v) is 4.03. The molecule has 0 aromatic heterocycles. The van der Waals surface area contributed by atoms with Crippen molar-refractivity contribution in [2.45, 2.75) is 45.1 Å². The summed E-state index contributed by atoms with van der Waals surface area (Å²) >= 11 is 0. The highest BCUT2D eigenvalue weighted by atomic mass is 16.5. The van der Waals surface area contributed by atoms with Crippen molar-refractivity contribution >= 4 is 11.9 Å². The Hall–Kier alpha value is -2.04. The van der Waals surface area contributed by atoms with Gasteiger partial charge in [0.15, 0.2) is 0 Å². The number of aryl methyl sites for hydroxylation is 1. The van der Waals surface area contributed by atoms with E-state index < -0.39 is 5.97 Å². The smallest absolute Gasteiger partial charge is 0.306 e. The Morgan fingerprint density at radius 3 is 2.64 bits per heavy atom. The molecule has 1 fully saturated rings. The monoisotopic (exact) mass is 305 g/mol. The van der Waals surface area contributed by atoms with Crippen LogP contribution in [0.3, 0.4) is 0 Å². The molecule has 22 heavy (non-hydrogen) atoms. The van der Waals surface area contributed by atoms with Crippen LogP contribution in [-0.4, -0.2) is 29.6 Å². The highest BCUT2D eigenvalue weighted by molar-refractivity contribution is 5.76. The van der Waals surface area contributed by atoms with Crippen molar-refractivity contribution in [2.24, 2.45) is 5.92 Å². The van der Waals surface area contributed by atoms with Crippen molar-refractivity contribution in [1.29, 1.82) is 0 Å². The highest BCUT2D eigenvalue weighted by Gasteiger charge is 2.26. The predicted molar refractivity (Wildman–Crippen MR) is 82.8 cm³/mol. The standard InChI is InChI=1S/C17H23NO4/c1-12-3-2-4-15(11-12)22-10-9-16(19)18-14-7-5-13(6-8-14)17(20)21/h2-4,11,13-14H,5-10H2,1H3,(H,18,19)(H,20,21). The van der Waals surface area contributed by atoms with Crippen LogP contribution in [0.5, 0.6) is 5.75 Å². The van der Waals surface area contributed by atoms with Gasteiger partial charge in [0.05, 0.1) is 18.9 Å². The van der Waals surface area contributed by atoms with Crippen molar-refractivity contribution in [3.8, 4) is 5.75 Å². The molecule has 5 nitrogen and oxygen atoms in total. The van der Waals surface area contributed by atoms with E-state index >= 15 is 0 Å². The van der Waals surface area contributed by atoms with Gasteiger partial charge in [0.1, 0.15) is 5.75 Å². The molecule has 0 spiro atoms. The second-order valence-electron chi connectivity index (χ2n) is 5.87. The van der Waals surface area contributed by atoms with Gasteiger partial charge in [-0.05, 0) is 50.3 Å². The van der Waals surface area contributed by atoms with E-state index in [0.29, 0.717) is 25.9 Å². The number of rotatable bonds is 6. The minimum Gasteiger partial charge on any atom is -0.493 e. The van der Waals surface area contributed by atoms with Gasteiger partial charge in [-0.25, -0.2) is 0 Å². The molecule has 2 N–H and O–H groups in total. The molecule has 1 aromatic carbocycles. The molecule has 0 radical (unpaired) electrons. The summed E-state index contributed by atoms with van der Waals surface area (Å²) in [6.07, 6.45) is 3.07. The maximum atomic E-state index is 11.9. The number of benzene rings is 1. The van der Waals surface area contributed by atoms with Crippen molar-refractivity contribution < 1.29 is 19.4 Å². The lowest BCUT2D eigenvalue weighted by molar-refractivity contribution is -0.142. The first-order valence-electron chi connectivity index (χ1n) is 7.76. The quantitative estimate of drug-likeness (QED) is 0.847. The van der Waals surface area contributed by atoms with Crippen LogP contribution in [0.2, 0.25) is 0 Å². The number of ether oxygens (including phenoxy) is 1. The Morgan fingerprint density at radius 2 is 2.00 bits per heavy atom. The molecule has 0 heterocycles. The minimum atomic E-state index is -0.726. The zero-order valence-electron chi connectivity index (χ0n) is 12.9. The van der Waals surface area contributed by atoms with E-state index in [4.69, 9.17) is 9.84 Å². The number of hydrogen-bond acceptors (Lipinski definition) is 3. The van der Waals surface area contributed by atoms with Crippen LogP contribution in [-0.2, 0) is 9.59 Å². The van der Waals surface area contributed by atoms with Gasteiger partial charge in [-0.3, -0.25) is 9.59 Å². The Balaban J connectivity index is 1.65. The van der Waals surface area contributed by atoms with Crippen LogP contribution in [0.4, 0.5) is 0 Å². The van der Waals surface area contributed by atoms with Gasteiger partial charge in [-0.2, -0.15) is 0 Å². The van der Waals surface area contributed by atoms with E-state index in [9.17, 15) is 9.59 Å². The second-order valence-corrected chi connectivity index (χ2v) is 5.87. The Bertz CT molecular complexity index is 521. The fourth-order valence-electron chi connectivity index (χ4n) is 2.75. The summed E-state index contributed by atoms with van der Waals surface area (Å²) in [6, 6.07) is 7.82. The van der Waals surface area contributed by atoms with E-state index in [1.807, 2.05) is 31.2 Å². The van der Waals surface area contributed by atoms with Crippen molar-refractivity contribution in [3.05, 3.63) is 29.8 Å². The first kappa shape index (κ1) is 16.3. The number of nitrogens with one attached hydrogen (secondary N) is 1. The molecule has 120 valence electrons. The molecule has 0 bridgehead atoms. The number of hydrogen-bond donors (Lipinski definition) is 2. The zero-order chi connectivity index (χ0) is 15.9. The average molecular weight is 305 g/mol. The minimum absolute atomic E-state index is 0.0357. The highest BCUT2D eigenvalue weighted by Crippen LogP contribution is 2.24. The van der Waals surface area contributed by atoms with E-state index in [-0.39, 0.29) is 17.9 Å². The fourth-order valence-corrected chi connectivity index (χ4v) is 2.75. The molecule has 0 saturated heterocycles. The number of carboxylic acid groups (broad SMARTS) is 1.